The molecule has 0 aliphatic rings. The Bertz CT molecular complexity index is 394. The molecule has 0 radical (unpaired) electrons. The van der Waals surface area contributed by atoms with Crippen LogP contribution >= 0.6 is 15.9 Å². The van der Waals surface area contributed by atoms with Gasteiger partial charge in [0.05, 0.1) is 7.11 Å². The van der Waals surface area contributed by atoms with Crippen molar-refractivity contribution >= 4 is 15.9 Å². The Kier molecular flexibility index (Phi) is 4.62. The summed E-state index contributed by atoms with van der Waals surface area (Å²) in [5, 5.41) is 9.32. The first kappa shape index (κ1) is 14.5. The fourth-order valence-electron chi connectivity index (χ4n) is 1.86. The summed E-state index contributed by atoms with van der Waals surface area (Å²) in [6, 6.07) is 4.11. The van der Waals surface area contributed by atoms with Crippen molar-refractivity contribution in [3.63, 3.8) is 0 Å². The second-order valence-corrected chi connectivity index (χ2v) is 6.33. The highest BCUT2D eigenvalue weighted by Crippen LogP contribution is 2.39. The lowest BCUT2D eigenvalue weighted by atomic mass is 9.83. The zero-order valence-electron chi connectivity index (χ0n) is 11.2. The lowest BCUT2D eigenvalue weighted by molar-refractivity contribution is 0.269. The molecule has 0 spiro atoms. The zero-order chi connectivity index (χ0) is 13.2. The molecule has 1 atom stereocenters. The van der Waals surface area contributed by atoms with Crippen LogP contribution in [-0.2, 0) is 5.41 Å². The second-order valence-electron chi connectivity index (χ2n) is 5.41. The molecule has 0 bridgehead atoms. The number of aliphatic hydroxyl groups is 1. The van der Waals surface area contributed by atoms with E-state index in [1.54, 1.807) is 7.11 Å². The van der Waals surface area contributed by atoms with E-state index in [0.717, 1.165) is 21.3 Å². The molecule has 0 amide bonds. The third-order valence-corrected chi connectivity index (χ3v) is 3.36. The van der Waals surface area contributed by atoms with Crippen LogP contribution in [0.4, 0.5) is 0 Å². The minimum absolute atomic E-state index is 0.0129. The Morgan fingerprint density at radius 2 is 1.94 bits per heavy atom. The Morgan fingerprint density at radius 1 is 1.35 bits per heavy atom. The van der Waals surface area contributed by atoms with Crippen molar-refractivity contribution in [1.82, 2.24) is 0 Å². The lowest BCUT2D eigenvalue weighted by Crippen LogP contribution is -2.15. The number of ether oxygens (including phenoxy) is 1. The van der Waals surface area contributed by atoms with Crippen molar-refractivity contribution in [3.8, 4) is 5.75 Å². The highest BCUT2D eigenvalue weighted by Gasteiger charge is 2.23. The highest BCUT2D eigenvalue weighted by molar-refractivity contribution is 9.10. The van der Waals surface area contributed by atoms with Gasteiger partial charge in [-0.25, -0.2) is 0 Å². The largest absolute Gasteiger partial charge is 0.496 e. The van der Waals surface area contributed by atoms with Crippen molar-refractivity contribution in [2.75, 3.05) is 13.7 Å². The predicted octanol–water partition coefficient (Wildman–Crippen LogP) is 3.85. The Hall–Kier alpha value is -0.540. The maximum atomic E-state index is 9.32. The molecule has 0 heterocycles. The summed E-state index contributed by atoms with van der Waals surface area (Å²) in [4.78, 5) is 0. The molecule has 0 aliphatic heterocycles. The Balaban J connectivity index is 3.46. The van der Waals surface area contributed by atoms with Gasteiger partial charge in [-0.1, -0.05) is 43.6 Å². The molecule has 96 valence electrons. The van der Waals surface area contributed by atoms with Crippen molar-refractivity contribution in [3.05, 3.63) is 27.7 Å². The van der Waals surface area contributed by atoms with Gasteiger partial charge in [-0.2, -0.15) is 0 Å². The van der Waals surface area contributed by atoms with Gasteiger partial charge in [0.1, 0.15) is 5.75 Å². The Morgan fingerprint density at radius 3 is 2.35 bits per heavy atom. The van der Waals surface area contributed by atoms with Gasteiger partial charge in [-0.05, 0) is 17.5 Å². The summed E-state index contributed by atoms with van der Waals surface area (Å²) < 4.78 is 6.58. The molecule has 0 saturated heterocycles. The van der Waals surface area contributed by atoms with Crippen LogP contribution in [0.15, 0.2) is 16.6 Å². The van der Waals surface area contributed by atoms with Crippen LogP contribution in [0.3, 0.4) is 0 Å². The molecule has 1 aromatic rings. The molecule has 0 saturated carbocycles. The number of hydrogen-bond donors (Lipinski definition) is 1. The molecule has 0 aliphatic carbocycles. The van der Waals surface area contributed by atoms with E-state index in [2.05, 4.69) is 42.8 Å². The number of halogens is 1. The molecule has 1 N–H and O–H groups in total. The van der Waals surface area contributed by atoms with Gasteiger partial charge in [0.15, 0.2) is 0 Å². The molecule has 1 aromatic carbocycles. The van der Waals surface area contributed by atoms with Gasteiger partial charge in [0.25, 0.3) is 0 Å². The minimum Gasteiger partial charge on any atom is -0.496 e. The van der Waals surface area contributed by atoms with Crippen LogP contribution in [0.2, 0.25) is 0 Å². The first-order valence-corrected chi connectivity index (χ1v) is 6.59. The standard InChI is InChI=1S/C14H21BrO2/c1-9(8-16)11-6-10(15)7-12(13(11)17-5)14(2,3)4/h6-7,9,16H,8H2,1-5H3. The third kappa shape index (κ3) is 3.23. The highest BCUT2D eigenvalue weighted by atomic mass is 79.9. The minimum atomic E-state index is 0.0129. The van der Waals surface area contributed by atoms with E-state index in [0.29, 0.717) is 0 Å². The molecule has 0 aromatic heterocycles. The SMILES string of the molecule is COc1c(C(C)CO)cc(Br)cc1C(C)(C)C. The topological polar surface area (TPSA) is 29.5 Å². The van der Waals surface area contributed by atoms with E-state index in [1.165, 1.54) is 0 Å². The van der Waals surface area contributed by atoms with Gasteiger partial charge in [-0.3, -0.25) is 0 Å². The number of aliphatic hydroxyl groups excluding tert-OH is 1. The van der Waals surface area contributed by atoms with Crippen molar-refractivity contribution in [1.29, 1.82) is 0 Å². The van der Waals surface area contributed by atoms with Crippen LogP contribution in [-0.4, -0.2) is 18.8 Å². The molecule has 1 rings (SSSR count). The smallest absolute Gasteiger partial charge is 0.126 e. The van der Waals surface area contributed by atoms with E-state index < -0.39 is 0 Å². The molecule has 17 heavy (non-hydrogen) atoms. The quantitative estimate of drug-likeness (QED) is 0.919. The molecule has 2 nitrogen and oxygen atoms in total. The summed E-state index contributed by atoms with van der Waals surface area (Å²) in [6.45, 7) is 8.59. The molecule has 0 fully saturated rings. The summed E-state index contributed by atoms with van der Waals surface area (Å²) >= 11 is 3.53. The average molecular weight is 301 g/mol. The van der Waals surface area contributed by atoms with E-state index in [4.69, 9.17) is 4.74 Å². The number of hydrogen-bond acceptors (Lipinski definition) is 2. The monoisotopic (exact) mass is 300 g/mol. The van der Waals surface area contributed by atoms with Crippen LogP contribution < -0.4 is 4.74 Å². The number of methoxy groups -OCH3 is 1. The molecule has 1 unspecified atom stereocenters. The third-order valence-electron chi connectivity index (χ3n) is 2.90. The molecular weight excluding hydrogens is 280 g/mol. The van der Waals surface area contributed by atoms with E-state index >= 15 is 0 Å². The van der Waals surface area contributed by atoms with Crippen molar-refractivity contribution < 1.29 is 9.84 Å². The van der Waals surface area contributed by atoms with E-state index in [1.807, 2.05) is 13.0 Å². The molecular formula is C14H21BrO2. The van der Waals surface area contributed by atoms with Crippen LogP contribution in [0.25, 0.3) is 0 Å². The van der Waals surface area contributed by atoms with Gasteiger partial charge in [0.2, 0.25) is 0 Å². The summed E-state index contributed by atoms with van der Waals surface area (Å²) in [5.41, 5.74) is 2.22. The second kappa shape index (κ2) is 5.40. The van der Waals surface area contributed by atoms with Crippen molar-refractivity contribution in [2.45, 2.75) is 39.0 Å². The van der Waals surface area contributed by atoms with Gasteiger partial charge < -0.3 is 9.84 Å². The number of rotatable bonds is 3. The maximum absolute atomic E-state index is 9.32. The fraction of sp³-hybridized carbons (Fsp3) is 0.571. The summed E-state index contributed by atoms with van der Waals surface area (Å²) in [6.07, 6.45) is 0. The maximum Gasteiger partial charge on any atom is 0.126 e. The number of benzene rings is 1. The first-order chi connectivity index (χ1) is 7.81. The zero-order valence-corrected chi connectivity index (χ0v) is 12.8. The lowest BCUT2D eigenvalue weighted by Gasteiger charge is -2.26. The fourth-order valence-corrected chi connectivity index (χ4v) is 2.34. The Labute approximate surface area is 112 Å². The predicted molar refractivity (Wildman–Crippen MR) is 74.9 cm³/mol. The van der Waals surface area contributed by atoms with Crippen LogP contribution in [0, 0.1) is 0 Å². The van der Waals surface area contributed by atoms with Crippen molar-refractivity contribution in [2.24, 2.45) is 0 Å². The van der Waals surface area contributed by atoms with Gasteiger partial charge >= 0.3 is 0 Å². The first-order valence-electron chi connectivity index (χ1n) is 5.80. The van der Waals surface area contributed by atoms with E-state index in [9.17, 15) is 5.11 Å². The summed E-state index contributed by atoms with van der Waals surface area (Å²) in [7, 11) is 1.69. The average Bonchev–Trinajstić information content (AvgIpc) is 2.25. The van der Waals surface area contributed by atoms with Gasteiger partial charge in [-0.15, -0.1) is 0 Å². The van der Waals surface area contributed by atoms with E-state index in [-0.39, 0.29) is 17.9 Å². The summed E-state index contributed by atoms with van der Waals surface area (Å²) in [5.74, 6) is 0.964. The van der Waals surface area contributed by atoms with Crippen LogP contribution in [0.5, 0.6) is 5.75 Å². The normalized spacial score (nSPS) is 13.6. The van der Waals surface area contributed by atoms with Crippen LogP contribution in [0.1, 0.15) is 44.7 Å². The molecule has 3 heteroatoms. The van der Waals surface area contributed by atoms with Gasteiger partial charge in [0, 0.05) is 28.1 Å².